The van der Waals surface area contributed by atoms with Gasteiger partial charge in [0.25, 0.3) is 0 Å². The number of carbonyl (C=O) groups is 1. The van der Waals surface area contributed by atoms with Crippen LogP contribution in [0.3, 0.4) is 0 Å². The van der Waals surface area contributed by atoms with Gasteiger partial charge in [0.15, 0.2) is 0 Å². The fourth-order valence-corrected chi connectivity index (χ4v) is 2.65. The molecule has 1 fully saturated rings. The summed E-state index contributed by atoms with van der Waals surface area (Å²) in [6, 6.07) is 7.22. The van der Waals surface area contributed by atoms with Gasteiger partial charge in [0, 0.05) is 10.8 Å². The SMILES string of the molecule is CC1(C)OB(C(CC(=O)O)c2ccccc2Cl)OC1(C)C. The topological polar surface area (TPSA) is 55.8 Å². The zero-order chi connectivity index (χ0) is 15.8. The molecule has 0 radical (unpaired) electrons. The molecule has 4 nitrogen and oxygen atoms in total. The second-order valence-electron chi connectivity index (χ2n) is 6.35. The lowest BCUT2D eigenvalue weighted by atomic mass is 9.66. The van der Waals surface area contributed by atoms with Gasteiger partial charge >= 0.3 is 13.1 Å². The van der Waals surface area contributed by atoms with Gasteiger partial charge in [-0.05, 0) is 39.3 Å². The van der Waals surface area contributed by atoms with E-state index in [2.05, 4.69) is 0 Å². The van der Waals surface area contributed by atoms with Crippen molar-refractivity contribution in [2.24, 2.45) is 0 Å². The van der Waals surface area contributed by atoms with E-state index >= 15 is 0 Å². The van der Waals surface area contributed by atoms with Gasteiger partial charge in [-0.2, -0.15) is 0 Å². The van der Waals surface area contributed by atoms with Gasteiger partial charge in [-0.3, -0.25) is 4.79 Å². The highest BCUT2D eigenvalue weighted by Crippen LogP contribution is 2.42. The van der Waals surface area contributed by atoms with E-state index in [9.17, 15) is 9.90 Å². The van der Waals surface area contributed by atoms with E-state index in [4.69, 9.17) is 20.9 Å². The lowest BCUT2D eigenvalue weighted by molar-refractivity contribution is -0.137. The van der Waals surface area contributed by atoms with Gasteiger partial charge in [0.2, 0.25) is 0 Å². The van der Waals surface area contributed by atoms with E-state index in [-0.39, 0.29) is 6.42 Å². The van der Waals surface area contributed by atoms with Crippen LogP contribution >= 0.6 is 11.6 Å². The first-order chi connectivity index (χ1) is 9.64. The quantitative estimate of drug-likeness (QED) is 0.864. The Labute approximate surface area is 130 Å². The fraction of sp³-hybridized carbons (Fsp3) is 0.533. The maximum atomic E-state index is 11.2. The summed E-state index contributed by atoms with van der Waals surface area (Å²) in [5.74, 6) is -1.35. The molecule has 114 valence electrons. The monoisotopic (exact) mass is 310 g/mol. The lowest BCUT2D eigenvalue weighted by Crippen LogP contribution is -2.41. The van der Waals surface area contributed by atoms with Gasteiger partial charge in [-0.25, -0.2) is 0 Å². The fourth-order valence-electron chi connectivity index (χ4n) is 2.37. The van der Waals surface area contributed by atoms with Crippen LogP contribution < -0.4 is 0 Å². The second-order valence-corrected chi connectivity index (χ2v) is 6.76. The van der Waals surface area contributed by atoms with Crippen LogP contribution in [-0.4, -0.2) is 29.4 Å². The maximum Gasteiger partial charge on any atom is 0.466 e. The number of aliphatic carboxylic acids is 1. The van der Waals surface area contributed by atoms with Gasteiger partial charge in [0.1, 0.15) is 0 Å². The Bertz CT molecular complexity index is 528. The molecule has 0 aliphatic carbocycles. The summed E-state index contributed by atoms with van der Waals surface area (Å²) in [5.41, 5.74) is -0.272. The van der Waals surface area contributed by atoms with Crippen LogP contribution in [0.4, 0.5) is 0 Å². The van der Waals surface area contributed by atoms with Crippen molar-refractivity contribution in [3.63, 3.8) is 0 Å². The van der Waals surface area contributed by atoms with Crippen LogP contribution in [0, 0.1) is 0 Å². The largest absolute Gasteiger partial charge is 0.481 e. The normalized spacial score (nSPS) is 21.3. The second kappa shape index (κ2) is 5.63. The molecule has 1 atom stereocenters. The van der Waals surface area contributed by atoms with Crippen molar-refractivity contribution in [2.45, 2.75) is 51.1 Å². The molecular weight excluding hydrogens is 290 g/mol. The number of hydrogen-bond donors (Lipinski definition) is 1. The molecule has 0 spiro atoms. The summed E-state index contributed by atoms with van der Waals surface area (Å²) in [6.07, 6.45) is -0.0967. The van der Waals surface area contributed by atoms with Crippen molar-refractivity contribution in [1.29, 1.82) is 0 Å². The smallest absolute Gasteiger partial charge is 0.466 e. The highest BCUT2D eigenvalue weighted by atomic mass is 35.5. The number of benzene rings is 1. The van der Waals surface area contributed by atoms with E-state index in [1.807, 2.05) is 45.9 Å². The Morgan fingerprint density at radius 2 is 1.76 bits per heavy atom. The third-order valence-corrected chi connectivity index (χ3v) is 4.64. The zero-order valence-corrected chi connectivity index (χ0v) is 13.5. The van der Waals surface area contributed by atoms with E-state index < -0.39 is 30.1 Å². The van der Waals surface area contributed by atoms with E-state index in [0.717, 1.165) is 5.56 Å². The van der Waals surface area contributed by atoms with Crippen molar-refractivity contribution in [2.75, 3.05) is 0 Å². The van der Waals surface area contributed by atoms with Crippen molar-refractivity contribution in [3.8, 4) is 0 Å². The molecule has 1 aliphatic heterocycles. The van der Waals surface area contributed by atoms with Crippen LogP contribution in [0.5, 0.6) is 0 Å². The van der Waals surface area contributed by atoms with Crippen molar-refractivity contribution in [3.05, 3.63) is 34.9 Å². The molecule has 1 heterocycles. The predicted octanol–water partition coefficient (Wildman–Crippen LogP) is 3.53. The standard InChI is InChI=1S/C15H20BClO4/c1-14(2)15(3,4)21-16(20-14)11(9-13(18)19)10-7-5-6-8-12(10)17/h5-8,11H,9H2,1-4H3,(H,18,19). The first-order valence-electron chi connectivity index (χ1n) is 6.96. The third kappa shape index (κ3) is 3.25. The molecule has 2 rings (SSSR count). The molecule has 1 aliphatic rings. The molecule has 1 unspecified atom stereocenters. The lowest BCUT2D eigenvalue weighted by Gasteiger charge is -2.32. The molecule has 1 aromatic carbocycles. The maximum absolute atomic E-state index is 11.2. The Morgan fingerprint density at radius 1 is 1.24 bits per heavy atom. The summed E-state index contributed by atoms with van der Waals surface area (Å²) in [7, 11) is -0.633. The number of halogens is 1. The first-order valence-corrected chi connectivity index (χ1v) is 7.34. The van der Waals surface area contributed by atoms with Crippen LogP contribution in [-0.2, 0) is 14.1 Å². The molecule has 0 bridgehead atoms. The summed E-state index contributed by atoms with van der Waals surface area (Å²) in [4.78, 5) is 11.2. The average Bonchev–Trinajstić information content (AvgIpc) is 2.56. The van der Waals surface area contributed by atoms with Gasteiger partial charge in [0.05, 0.1) is 17.6 Å². The predicted molar refractivity (Wildman–Crippen MR) is 82.5 cm³/mol. The van der Waals surface area contributed by atoms with Crippen LogP contribution in [0.25, 0.3) is 0 Å². The minimum atomic E-state index is -0.908. The molecular formula is C15H20BClO4. The highest BCUT2D eigenvalue weighted by Gasteiger charge is 2.54. The summed E-state index contributed by atoms with van der Waals surface area (Å²) < 4.78 is 12.0. The third-order valence-electron chi connectivity index (χ3n) is 4.30. The summed E-state index contributed by atoms with van der Waals surface area (Å²) >= 11 is 6.22. The molecule has 6 heteroatoms. The summed E-state index contributed by atoms with van der Waals surface area (Å²) in [6.45, 7) is 7.77. The number of hydrogen-bond acceptors (Lipinski definition) is 3. The molecule has 0 amide bonds. The molecule has 1 aromatic rings. The van der Waals surface area contributed by atoms with Crippen LogP contribution in [0.1, 0.15) is 45.5 Å². The minimum absolute atomic E-state index is 0.0967. The van der Waals surface area contributed by atoms with E-state index in [0.29, 0.717) is 5.02 Å². The zero-order valence-electron chi connectivity index (χ0n) is 12.7. The Hall–Kier alpha value is -1.04. The molecule has 0 saturated carbocycles. The molecule has 1 N–H and O–H groups in total. The number of carboxylic acid groups (broad SMARTS) is 1. The van der Waals surface area contributed by atoms with Gasteiger partial charge < -0.3 is 14.4 Å². The minimum Gasteiger partial charge on any atom is -0.481 e. The van der Waals surface area contributed by atoms with Crippen LogP contribution in [0.15, 0.2) is 24.3 Å². The van der Waals surface area contributed by atoms with Gasteiger partial charge in [-0.1, -0.05) is 29.8 Å². The van der Waals surface area contributed by atoms with Crippen LogP contribution in [0.2, 0.25) is 5.02 Å². The highest BCUT2D eigenvalue weighted by molar-refractivity contribution is 6.48. The first kappa shape index (κ1) is 16.3. The van der Waals surface area contributed by atoms with Crippen molar-refractivity contribution < 1.29 is 19.2 Å². The number of carboxylic acids is 1. The molecule has 1 saturated heterocycles. The summed E-state index contributed by atoms with van der Waals surface area (Å²) in [5, 5.41) is 9.73. The Balaban J connectivity index is 2.35. The Kier molecular flexibility index (Phi) is 4.38. The number of rotatable bonds is 4. The molecule has 21 heavy (non-hydrogen) atoms. The van der Waals surface area contributed by atoms with Crippen molar-refractivity contribution in [1.82, 2.24) is 0 Å². The average molecular weight is 311 g/mol. The molecule has 0 aromatic heterocycles. The van der Waals surface area contributed by atoms with E-state index in [1.54, 1.807) is 6.07 Å². The Morgan fingerprint density at radius 3 is 2.24 bits per heavy atom. The van der Waals surface area contributed by atoms with E-state index in [1.165, 1.54) is 0 Å². The van der Waals surface area contributed by atoms with Crippen molar-refractivity contribution >= 4 is 24.7 Å². The van der Waals surface area contributed by atoms with Gasteiger partial charge in [-0.15, -0.1) is 0 Å².